The lowest BCUT2D eigenvalue weighted by Gasteiger charge is -2.21. The third-order valence-electron chi connectivity index (χ3n) is 3.85. The van der Waals surface area contributed by atoms with Gasteiger partial charge in [-0.2, -0.15) is 0 Å². The summed E-state index contributed by atoms with van der Waals surface area (Å²) in [7, 11) is 0. The van der Waals surface area contributed by atoms with Crippen molar-refractivity contribution in [3.8, 4) is 0 Å². The van der Waals surface area contributed by atoms with Crippen LogP contribution in [0.2, 0.25) is 0 Å². The largest absolute Gasteiger partial charge is 0.481 e. The molecule has 0 amide bonds. The second-order valence-electron chi connectivity index (χ2n) is 6.37. The summed E-state index contributed by atoms with van der Waals surface area (Å²) in [6.07, 6.45) is 2.68. The van der Waals surface area contributed by atoms with Crippen molar-refractivity contribution >= 4 is 5.97 Å². The normalized spacial score (nSPS) is 14.1. The van der Waals surface area contributed by atoms with Crippen molar-refractivity contribution in [1.82, 2.24) is 5.32 Å². The van der Waals surface area contributed by atoms with Crippen LogP contribution in [0.3, 0.4) is 0 Å². The van der Waals surface area contributed by atoms with Crippen LogP contribution in [0.15, 0.2) is 24.3 Å². The van der Waals surface area contributed by atoms with Crippen molar-refractivity contribution in [3.05, 3.63) is 35.4 Å². The van der Waals surface area contributed by atoms with Gasteiger partial charge in [0.15, 0.2) is 0 Å². The molecule has 0 saturated heterocycles. The minimum Gasteiger partial charge on any atom is -0.481 e. The predicted molar refractivity (Wildman–Crippen MR) is 87.5 cm³/mol. The summed E-state index contributed by atoms with van der Waals surface area (Å²) < 4.78 is 0. The van der Waals surface area contributed by atoms with E-state index in [9.17, 15) is 9.90 Å². The molecule has 0 bridgehead atoms. The predicted octanol–water partition coefficient (Wildman–Crippen LogP) is 3.65. The van der Waals surface area contributed by atoms with E-state index in [2.05, 4.69) is 57.3 Å². The Hall–Kier alpha value is -1.35. The monoisotopic (exact) mass is 291 g/mol. The summed E-state index contributed by atoms with van der Waals surface area (Å²) in [4.78, 5) is 11.3. The molecule has 0 aliphatic heterocycles. The highest BCUT2D eigenvalue weighted by Crippen LogP contribution is 2.13. The molecular weight excluding hydrogens is 262 g/mol. The van der Waals surface area contributed by atoms with Crippen LogP contribution >= 0.6 is 0 Å². The molecule has 3 heteroatoms. The van der Waals surface area contributed by atoms with E-state index < -0.39 is 5.97 Å². The van der Waals surface area contributed by atoms with Crippen LogP contribution in [0.25, 0.3) is 0 Å². The quantitative estimate of drug-likeness (QED) is 0.730. The van der Waals surface area contributed by atoms with Crippen LogP contribution in [-0.4, -0.2) is 23.7 Å². The molecule has 0 radical (unpaired) electrons. The van der Waals surface area contributed by atoms with Gasteiger partial charge in [-0.25, -0.2) is 0 Å². The van der Waals surface area contributed by atoms with E-state index in [1.807, 2.05) is 0 Å². The number of hydrogen-bond acceptors (Lipinski definition) is 2. The van der Waals surface area contributed by atoms with E-state index in [1.165, 1.54) is 11.1 Å². The maximum atomic E-state index is 11.3. The van der Waals surface area contributed by atoms with Crippen molar-refractivity contribution in [2.24, 2.45) is 11.8 Å². The average molecular weight is 291 g/mol. The summed E-state index contributed by atoms with van der Waals surface area (Å²) >= 11 is 0. The zero-order valence-corrected chi connectivity index (χ0v) is 13.7. The molecule has 1 aromatic carbocycles. The van der Waals surface area contributed by atoms with Crippen LogP contribution < -0.4 is 5.32 Å². The second-order valence-corrected chi connectivity index (χ2v) is 6.37. The van der Waals surface area contributed by atoms with Crippen molar-refractivity contribution in [3.63, 3.8) is 0 Å². The molecular formula is C18H29NO2. The topological polar surface area (TPSA) is 49.3 Å². The van der Waals surface area contributed by atoms with Crippen LogP contribution in [0, 0.1) is 18.8 Å². The third-order valence-corrected chi connectivity index (χ3v) is 3.85. The number of carboxylic acids is 1. The van der Waals surface area contributed by atoms with Gasteiger partial charge in [0.1, 0.15) is 0 Å². The lowest BCUT2D eigenvalue weighted by molar-refractivity contribution is -0.142. The van der Waals surface area contributed by atoms with Crippen LogP contribution in [0.1, 0.15) is 44.7 Å². The smallest absolute Gasteiger partial charge is 0.307 e. The standard InChI is InChI=1S/C18H29NO2/c1-5-17(11-15-8-6-14(4)7-9-15)19-12-16(18(20)21)10-13(2)3/h6-9,13,16-17,19H,5,10-12H2,1-4H3,(H,20,21). The van der Waals surface area contributed by atoms with Gasteiger partial charge in [0, 0.05) is 12.6 Å². The first-order valence-corrected chi connectivity index (χ1v) is 7.94. The fraction of sp³-hybridized carbons (Fsp3) is 0.611. The molecule has 0 heterocycles. The zero-order chi connectivity index (χ0) is 15.8. The van der Waals surface area contributed by atoms with E-state index in [0.717, 1.165) is 19.3 Å². The Morgan fingerprint density at radius 2 is 1.86 bits per heavy atom. The zero-order valence-electron chi connectivity index (χ0n) is 13.7. The van der Waals surface area contributed by atoms with E-state index >= 15 is 0 Å². The van der Waals surface area contributed by atoms with Gasteiger partial charge in [0.25, 0.3) is 0 Å². The minimum absolute atomic E-state index is 0.294. The molecule has 0 aromatic heterocycles. The Bertz CT molecular complexity index is 425. The number of aliphatic carboxylic acids is 1. The maximum absolute atomic E-state index is 11.3. The first-order chi connectivity index (χ1) is 9.92. The first kappa shape index (κ1) is 17.7. The summed E-state index contributed by atoms with van der Waals surface area (Å²) in [5.41, 5.74) is 2.57. The fourth-order valence-corrected chi connectivity index (χ4v) is 2.52. The molecule has 3 nitrogen and oxygen atoms in total. The van der Waals surface area contributed by atoms with Crippen molar-refractivity contribution < 1.29 is 9.90 Å². The molecule has 0 aliphatic rings. The van der Waals surface area contributed by atoms with Crippen LogP contribution in [-0.2, 0) is 11.2 Å². The molecule has 0 fully saturated rings. The van der Waals surface area contributed by atoms with Crippen molar-refractivity contribution in [1.29, 1.82) is 0 Å². The molecule has 2 unspecified atom stereocenters. The highest BCUT2D eigenvalue weighted by atomic mass is 16.4. The van der Waals surface area contributed by atoms with Gasteiger partial charge in [0.05, 0.1) is 5.92 Å². The number of aryl methyl sites for hydroxylation is 1. The van der Waals surface area contributed by atoms with E-state index in [4.69, 9.17) is 0 Å². The molecule has 1 aromatic rings. The van der Waals surface area contributed by atoms with Crippen LogP contribution in [0.4, 0.5) is 0 Å². The summed E-state index contributed by atoms with van der Waals surface area (Å²) in [5.74, 6) is -0.580. The van der Waals surface area contributed by atoms with Gasteiger partial charge >= 0.3 is 5.97 Å². The molecule has 0 spiro atoms. The Labute approximate surface area is 128 Å². The first-order valence-electron chi connectivity index (χ1n) is 7.94. The lowest BCUT2D eigenvalue weighted by atomic mass is 9.96. The van der Waals surface area contributed by atoms with Gasteiger partial charge in [0.2, 0.25) is 0 Å². The van der Waals surface area contributed by atoms with Gasteiger partial charge in [-0.3, -0.25) is 4.79 Å². The SMILES string of the molecule is CCC(Cc1ccc(C)cc1)NCC(CC(C)C)C(=O)O. The molecule has 2 atom stereocenters. The van der Waals surface area contributed by atoms with Gasteiger partial charge in [-0.15, -0.1) is 0 Å². The van der Waals surface area contributed by atoms with Crippen molar-refractivity contribution in [2.45, 2.75) is 53.0 Å². The summed E-state index contributed by atoms with van der Waals surface area (Å²) in [5, 5.41) is 12.7. The van der Waals surface area contributed by atoms with E-state index in [0.29, 0.717) is 18.5 Å². The Kier molecular flexibility index (Phi) is 7.44. The second kappa shape index (κ2) is 8.83. The number of nitrogens with one attached hydrogen (secondary N) is 1. The minimum atomic E-state index is -0.693. The molecule has 21 heavy (non-hydrogen) atoms. The molecule has 2 N–H and O–H groups in total. The molecule has 0 aliphatic carbocycles. The maximum Gasteiger partial charge on any atom is 0.307 e. The van der Waals surface area contributed by atoms with Crippen molar-refractivity contribution in [2.75, 3.05) is 6.54 Å². The highest BCUT2D eigenvalue weighted by Gasteiger charge is 2.20. The van der Waals surface area contributed by atoms with Crippen LogP contribution in [0.5, 0.6) is 0 Å². The van der Waals surface area contributed by atoms with E-state index in [1.54, 1.807) is 0 Å². The molecule has 0 saturated carbocycles. The summed E-state index contributed by atoms with van der Waals surface area (Å²) in [6, 6.07) is 8.90. The Morgan fingerprint density at radius 3 is 2.33 bits per heavy atom. The number of hydrogen-bond donors (Lipinski definition) is 2. The Balaban J connectivity index is 2.52. The number of rotatable bonds is 9. The highest BCUT2D eigenvalue weighted by molar-refractivity contribution is 5.70. The summed E-state index contributed by atoms with van der Waals surface area (Å²) in [6.45, 7) is 8.92. The number of carbonyl (C=O) groups is 1. The lowest BCUT2D eigenvalue weighted by Crippen LogP contribution is -2.37. The van der Waals surface area contributed by atoms with E-state index in [-0.39, 0.29) is 5.92 Å². The number of carboxylic acid groups (broad SMARTS) is 1. The number of benzene rings is 1. The molecule has 118 valence electrons. The molecule has 1 rings (SSSR count). The Morgan fingerprint density at radius 1 is 1.24 bits per heavy atom. The third kappa shape index (κ3) is 6.76. The van der Waals surface area contributed by atoms with Gasteiger partial charge in [-0.05, 0) is 37.7 Å². The van der Waals surface area contributed by atoms with Gasteiger partial charge in [-0.1, -0.05) is 50.6 Å². The fourth-order valence-electron chi connectivity index (χ4n) is 2.52. The average Bonchev–Trinajstić information content (AvgIpc) is 2.43. The van der Waals surface area contributed by atoms with Gasteiger partial charge < -0.3 is 10.4 Å².